The van der Waals surface area contributed by atoms with Crippen molar-refractivity contribution in [3.8, 4) is 0 Å². The normalized spacial score (nSPS) is 18.5. The van der Waals surface area contributed by atoms with E-state index in [-0.39, 0.29) is 17.7 Å². The third kappa shape index (κ3) is 2.99. The number of carbonyl (C=O) groups is 2. The van der Waals surface area contributed by atoms with Crippen LogP contribution in [0.2, 0.25) is 0 Å². The zero-order chi connectivity index (χ0) is 19.0. The summed E-state index contributed by atoms with van der Waals surface area (Å²) in [6, 6.07) is 17.9. The molecule has 0 fully saturated rings. The van der Waals surface area contributed by atoms with E-state index in [4.69, 9.17) is 0 Å². The molecule has 2 aromatic carbocycles. The molecule has 3 aromatic rings. The molecule has 0 saturated heterocycles. The van der Waals surface area contributed by atoms with Crippen molar-refractivity contribution in [3.05, 3.63) is 83.0 Å². The minimum atomic E-state index is -0.726. The molecule has 136 valence electrons. The molecule has 1 aliphatic heterocycles. The first-order chi connectivity index (χ1) is 13.1. The third-order valence-corrected chi connectivity index (χ3v) is 4.92. The maximum Gasteiger partial charge on any atom is 0.251 e. The van der Waals surface area contributed by atoms with Gasteiger partial charge in [0, 0.05) is 24.1 Å². The lowest BCUT2D eigenvalue weighted by Gasteiger charge is -2.32. The van der Waals surface area contributed by atoms with Gasteiger partial charge in [-0.05, 0) is 24.6 Å². The molecule has 1 aromatic heterocycles. The summed E-state index contributed by atoms with van der Waals surface area (Å²) in [6.45, 7) is 1.92. The van der Waals surface area contributed by atoms with E-state index in [1.54, 1.807) is 36.0 Å². The number of nitrogens with one attached hydrogen (secondary N) is 2. The molecule has 0 spiro atoms. The van der Waals surface area contributed by atoms with Gasteiger partial charge in [-0.2, -0.15) is 5.10 Å². The Morgan fingerprint density at radius 2 is 1.70 bits per heavy atom. The highest BCUT2D eigenvalue weighted by Gasteiger charge is 2.41. The Labute approximate surface area is 157 Å². The molecule has 4 rings (SSSR count). The van der Waals surface area contributed by atoms with Crippen molar-refractivity contribution in [2.45, 2.75) is 18.9 Å². The molecular formula is C21H20N4O2. The number of benzene rings is 2. The monoisotopic (exact) mass is 360 g/mol. The molecule has 6 nitrogen and oxygen atoms in total. The van der Waals surface area contributed by atoms with E-state index in [9.17, 15) is 9.59 Å². The Bertz CT molecular complexity index is 996. The van der Waals surface area contributed by atoms with Gasteiger partial charge >= 0.3 is 0 Å². The second-order valence-corrected chi connectivity index (χ2v) is 6.67. The van der Waals surface area contributed by atoms with Gasteiger partial charge in [-0.15, -0.1) is 0 Å². The Kier molecular flexibility index (Phi) is 4.24. The number of hydrogen-bond acceptors (Lipinski definition) is 3. The van der Waals surface area contributed by atoms with Crippen LogP contribution in [0.15, 0.2) is 60.7 Å². The minimum Gasteiger partial charge on any atom is -0.339 e. The molecule has 0 aliphatic carbocycles. The first-order valence-electron chi connectivity index (χ1n) is 8.81. The smallest absolute Gasteiger partial charge is 0.251 e. The molecule has 0 bridgehead atoms. The Hall–Kier alpha value is -3.41. The van der Waals surface area contributed by atoms with Gasteiger partial charge < -0.3 is 10.6 Å². The predicted octanol–water partition coefficient (Wildman–Crippen LogP) is 2.61. The van der Waals surface area contributed by atoms with Crippen LogP contribution in [0.4, 0.5) is 5.82 Å². The summed E-state index contributed by atoms with van der Waals surface area (Å²) < 4.78 is 1.67. The van der Waals surface area contributed by atoms with Crippen LogP contribution in [0.1, 0.15) is 33.1 Å². The fourth-order valence-electron chi connectivity index (χ4n) is 3.69. The van der Waals surface area contributed by atoms with Gasteiger partial charge in [0.2, 0.25) is 5.91 Å². The van der Waals surface area contributed by atoms with Gasteiger partial charge in [0.15, 0.2) is 0 Å². The number of fused-ring (bicyclic) bond motifs is 1. The van der Waals surface area contributed by atoms with Crippen molar-refractivity contribution >= 4 is 17.6 Å². The molecular weight excluding hydrogens is 340 g/mol. The third-order valence-electron chi connectivity index (χ3n) is 4.92. The second kappa shape index (κ2) is 6.72. The van der Waals surface area contributed by atoms with Crippen molar-refractivity contribution in [2.24, 2.45) is 7.05 Å². The number of amides is 2. The van der Waals surface area contributed by atoms with Gasteiger partial charge in [-0.25, -0.2) is 0 Å². The second-order valence-electron chi connectivity index (χ2n) is 6.67. The highest BCUT2D eigenvalue weighted by molar-refractivity contribution is 6.03. The van der Waals surface area contributed by atoms with Crippen LogP contribution in [0.3, 0.4) is 0 Å². The first-order valence-corrected chi connectivity index (χ1v) is 8.81. The topological polar surface area (TPSA) is 76.0 Å². The van der Waals surface area contributed by atoms with Crippen LogP contribution in [-0.4, -0.2) is 27.6 Å². The summed E-state index contributed by atoms with van der Waals surface area (Å²) in [5, 5.41) is 10.3. The fourth-order valence-corrected chi connectivity index (χ4v) is 3.69. The van der Waals surface area contributed by atoms with E-state index in [1.807, 2.05) is 43.3 Å². The number of aryl methyl sites for hydroxylation is 2. The summed E-state index contributed by atoms with van der Waals surface area (Å²) in [4.78, 5) is 25.6. The van der Waals surface area contributed by atoms with Crippen molar-refractivity contribution in [2.75, 3.05) is 5.32 Å². The summed E-state index contributed by atoms with van der Waals surface area (Å²) >= 11 is 0. The number of rotatable bonds is 3. The molecule has 0 saturated carbocycles. The lowest BCUT2D eigenvalue weighted by atomic mass is 9.82. The minimum absolute atomic E-state index is 0.247. The van der Waals surface area contributed by atoms with E-state index in [1.165, 1.54) is 0 Å². The van der Waals surface area contributed by atoms with E-state index >= 15 is 0 Å². The van der Waals surface area contributed by atoms with Crippen LogP contribution < -0.4 is 10.6 Å². The van der Waals surface area contributed by atoms with Crippen LogP contribution in [0, 0.1) is 6.92 Å². The Balaban J connectivity index is 1.78. The van der Waals surface area contributed by atoms with Crippen molar-refractivity contribution < 1.29 is 9.59 Å². The molecule has 0 unspecified atom stereocenters. The molecule has 1 aliphatic rings. The van der Waals surface area contributed by atoms with Gasteiger partial charge in [0.25, 0.3) is 5.91 Å². The average molecular weight is 360 g/mol. The number of hydrogen-bond donors (Lipinski definition) is 2. The lowest BCUT2D eigenvalue weighted by Crippen LogP contribution is -2.50. The summed E-state index contributed by atoms with van der Waals surface area (Å²) in [5.74, 6) is -0.154. The SMILES string of the molecule is Cc1nn(C)c2c1[C@H](c1ccccc1)[C@H](NC(=O)c1ccccc1)C(=O)N2. The zero-order valence-electron chi connectivity index (χ0n) is 15.1. The van der Waals surface area contributed by atoms with E-state index in [0.717, 1.165) is 16.8 Å². The number of aromatic nitrogens is 2. The summed E-state index contributed by atoms with van der Waals surface area (Å²) in [6.07, 6.45) is 0. The number of nitrogens with zero attached hydrogens (tertiary/aromatic N) is 2. The van der Waals surface area contributed by atoms with E-state index in [2.05, 4.69) is 15.7 Å². The van der Waals surface area contributed by atoms with Crippen LogP contribution in [0.25, 0.3) is 0 Å². The number of anilines is 1. The highest BCUT2D eigenvalue weighted by Crippen LogP contribution is 2.39. The van der Waals surface area contributed by atoms with Gasteiger partial charge in [0.05, 0.1) is 5.69 Å². The fraction of sp³-hybridized carbons (Fsp3) is 0.190. The molecule has 0 radical (unpaired) electrons. The lowest BCUT2D eigenvalue weighted by molar-refractivity contribution is -0.118. The van der Waals surface area contributed by atoms with Gasteiger partial charge in [0.1, 0.15) is 11.9 Å². The molecule has 2 amide bonds. The van der Waals surface area contributed by atoms with Gasteiger partial charge in [-0.1, -0.05) is 48.5 Å². The van der Waals surface area contributed by atoms with Gasteiger partial charge in [-0.3, -0.25) is 14.3 Å². The van der Waals surface area contributed by atoms with E-state index < -0.39 is 6.04 Å². The molecule has 6 heteroatoms. The molecule has 27 heavy (non-hydrogen) atoms. The summed E-state index contributed by atoms with van der Waals surface area (Å²) in [5.41, 5.74) is 3.25. The van der Waals surface area contributed by atoms with Crippen LogP contribution in [-0.2, 0) is 11.8 Å². The molecule has 2 atom stereocenters. The van der Waals surface area contributed by atoms with Crippen molar-refractivity contribution in [3.63, 3.8) is 0 Å². The predicted molar refractivity (Wildman–Crippen MR) is 103 cm³/mol. The number of carbonyl (C=O) groups excluding carboxylic acids is 2. The molecule has 2 N–H and O–H groups in total. The Morgan fingerprint density at radius 1 is 1.07 bits per heavy atom. The quantitative estimate of drug-likeness (QED) is 0.754. The first kappa shape index (κ1) is 17.0. The van der Waals surface area contributed by atoms with Crippen LogP contribution in [0.5, 0.6) is 0 Å². The summed E-state index contributed by atoms with van der Waals surface area (Å²) in [7, 11) is 1.80. The van der Waals surface area contributed by atoms with Crippen LogP contribution >= 0.6 is 0 Å². The Morgan fingerprint density at radius 3 is 2.37 bits per heavy atom. The zero-order valence-corrected chi connectivity index (χ0v) is 15.1. The average Bonchev–Trinajstić information content (AvgIpc) is 2.97. The molecule has 2 heterocycles. The largest absolute Gasteiger partial charge is 0.339 e. The maximum absolute atomic E-state index is 12.9. The maximum atomic E-state index is 12.9. The van der Waals surface area contributed by atoms with Crippen molar-refractivity contribution in [1.29, 1.82) is 0 Å². The van der Waals surface area contributed by atoms with E-state index in [0.29, 0.717) is 11.4 Å². The van der Waals surface area contributed by atoms with Crippen molar-refractivity contribution in [1.82, 2.24) is 15.1 Å². The highest BCUT2D eigenvalue weighted by atomic mass is 16.2. The standard InChI is InChI=1S/C21H20N4O2/c1-13-16-17(14-9-5-3-6-10-14)18(21(27)23-19(16)25(2)24-13)22-20(26)15-11-7-4-8-12-15/h3-12,17-18H,1-2H3,(H,22,26)(H,23,27)/t17-,18-/m0/s1.